The van der Waals surface area contributed by atoms with Crippen molar-refractivity contribution in [2.75, 3.05) is 30.3 Å². The van der Waals surface area contributed by atoms with Gasteiger partial charge in [0.1, 0.15) is 16.6 Å². The average molecular weight is 356 g/mol. The van der Waals surface area contributed by atoms with E-state index in [1.54, 1.807) is 6.07 Å². The number of piperidine rings is 1. The van der Waals surface area contributed by atoms with Gasteiger partial charge < -0.3 is 20.7 Å². The molecule has 24 heavy (non-hydrogen) atoms. The van der Waals surface area contributed by atoms with Crippen LogP contribution >= 0.6 is 11.6 Å². The van der Waals surface area contributed by atoms with Crippen LogP contribution in [0.3, 0.4) is 0 Å². The lowest BCUT2D eigenvalue weighted by atomic mass is 9.90. The summed E-state index contributed by atoms with van der Waals surface area (Å²) < 4.78 is 5.28. The maximum absolute atomic E-state index is 11.8. The van der Waals surface area contributed by atoms with Crippen molar-refractivity contribution in [2.45, 2.75) is 39.7 Å². The Morgan fingerprint density at radius 2 is 2.17 bits per heavy atom. The highest BCUT2D eigenvalue weighted by molar-refractivity contribution is 6.29. The lowest BCUT2D eigenvalue weighted by Crippen LogP contribution is -2.45. The first-order valence-electron chi connectivity index (χ1n) is 8.14. The molecule has 0 spiro atoms. The molecule has 2 atom stereocenters. The number of hydrogen-bond acceptors (Lipinski definition) is 6. The number of ether oxygens (including phenoxy) is 1. The van der Waals surface area contributed by atoms with Crippen LogP contribution in [0, 0.1) is 11.8 Å². The van der Waals surface area contributed by atoms with Crippen LogP contribution in [-0.4, -0.2) is 41.3 Å². The Morgan fingerprint density at radius 3 is 2.79 bits per heavy atom. The molecular weight excluding hydrogens is 330 g/mol. The fraction of sp³-hybridized carbons (Fsp3) is 0.688. The van der Waals surface area contributed by atoms with E-state index in [0.717, 1.165) is 25.3 Å². The van der Waals surface area contributed by atoms with Crippen LogP contribution in [0.15, 0.2) is 6.07 Å². The quantitative estimate of drug-likeness (QED) is 0.810. The molecule has 1 aromatic heterocycles. The second-order valence-electron chi connectivity index (χ2n) is 7.40. The van der Waals surface area contributed by atoms with E-state index < -0.39 is 5.60 Å². The lowest BCUT2D eigenvalue weighted by Gasteiger charge is -2.37. The Hall–Kier alpha value is -1.76. The molecule has 0 radical (unpaired) electrons. The molecule has 1 aromatic rings. The monoisotopic (exact) mass is 355 g/mol. The van der Waals surface area contributed by atoms with Crippen LogP contribution in [-0.2, 0) is 4.74 Å². The van der Waals surface area contributed by atoms with Crippen molar-refractivity contribution in [1.29, 1.82) is 0 Å². The van der Waals surface area contributed by atoms with E-state index >= 15 is 0 Å². The summed E-state index contributed by atoms with van der Waals surface area (Å²) in [6, 6.07) is 1.72. The smallest absolute Gasteiger partial charge is 0.407 e. The van der Waals surface area contributed by atoms with Crippen molar-refractivity contribution in [3.63, 3.8) is 0 Å². The zero-order valence-corrected chi connectivity index (χ0v) is 15.4. The van der Waals surface area contributed by atoms with Crippen molar-refractivity contribution >= 4 is 29.5 Å². The van der Waals surface area contributed by atoms with Gasteiger partial charge in [-0.3, -0.25) is 0 Å². The van der Waals surface area contributed by atoms with Gasteiger partial charge in [-0.1, -0.05) is 18.5 Å². The molecule has 0 saturated carbocycles. The van der Waals surface area contributed by atoms with E-state index in [4.69, 9.17) is 22.1 Å². The highest BCUT2D eigenvalue weighted by atomic mass is 35.5. The zero-order valence-electron chi connectivity index (χ0n) is 14.7. The van der Waals surface area contributed by atoms with Gasteiger partial charge in [0.05, 0.1) is 0 Å². The highest BCUT2D eigenvalue weighted by Crippen LogP contribution is 2.26. The summed E-state index contributed by atoms with van der Waals surface area (Å²) in [5, 5.41) is 3.19. The van der Waals surface area contributed by atoms with Crippen molar-refractivity contribution in [2.24, 2.45) is 11.8 Å². The molecule has 1 aliphatic heterocycles. The van der Waals surface area contributed by atoms with E-state index in [2.05, 4.69) is 27.1 Å². The normalized spacial score (nSPS) is 21.5. The Kier molecular flexibility index (Phi) is 5.74. The number of halogens is 1. The first-order valence-corrected chi connectivity index (χ1v) is 8.52. The molecule has 2 heterocycles. The summed E-state index contributed by atoms with van der Waals surface area (Å²) in [4.78, 5) is 22.1. The van der Waals surface area contributed by atoms with Crippen LogP contribution in [0.5, 0.6) is 0 Å². The van der Waals surface area contributed by atoms with Crippen LogP contribution in [0.4, 0.5) is 16.6 Å². The molecule has 2 rings (SSSR count). The predicted molar refractivity (Wildman–Crippen MR) is 95.2 cm³/mol. The zero-order chi connectivity index (χ0) is 17.9. The molecule has 7 nitrogen and oxygen atoms in total. The Bertz CT molecular complexity index is 570. The number of anilines is 2. The number of nitrogens with zero attached hydrogens (tertiary/aromatic N) is 3. The number of amides is 1. The van der Waals surface area contributed by atoms with Crippen molar-refractivity contribution in [3.05, 3.63) is 11.2 Å². The first kappa shape index (κ1) is 18.6. The fourth-order valence-electron chi connectivity index (χ4n) is 2.94. The topological polar surface area (TPSA) is 93.4 Å². The van der Waals surface area contributed by atoms with Gasteiger partial charge in [0, 0.05) is 25.7 Å². The fourth-order valence-corrected chi connectivity index (χ4v) is 3.13. The highest BCUT2D eigenvalue weighted by Gasteiger charge is 2.27. The summed E-state index contributed by atoms with van der Waals surface area (Å²) in [6.07, 6.45) is 0.641. The van der Waals surface area contributed by atoms with Crippen molar-refractivity contribution < 1.29 is 9.53 Å². The van der Waals surface area contributed by atoms with Crippen LogP contribution in [0.25, 0.3) is 0 Å². The summed E-state index contributed by atoms with van der Waals surface area (Å²) in [6.45, 7) is 9.92. The average Bonchev–Trinajstić information content (AvgIpc) is 2.41. The molecule has 8 heteroatoms. The van der Waals surface area contributed by atoms with Crippen LogP contribution < -0.4 is 16.0 Å². The molecule has 1 aliphatic rings. The van der Waals surface area contributed by atoms with E-state index in [1.165, 1.54) is 0 Å². The minimum absolute atomic E-state index is 0.166. The van der Waals surface area contributed by atoms with E-state index in [9.17, 15) is 4.79 Å². The van der Waals surface area contributed by atoms with Gasteiger partial charge in [-0.15, -0.1) is 0 Å². The van der Waals surface area contributed by atoms with Gasteiger partial charge in [-0.2, -0.15) is 4.98 Å². The molecule has 0 unspecified atom stereocenters. The summed E-state index contributed by atoms with van der Waals surface area (Å²) in [7, 11) is 0. The predicted octanol–water partition coefficient (Wildman–Crippen LogP) is 2.70. The second kappa shape index (κ2) is 7.42. The molecule has 1 saturated heterocycles. The standard InChI is InChI=1S/C16H26ClN5O2/c1-10-5-11(7-19-15(23)24-16(2,3)4)9-22(8-10)13-6-12(17)20-14(18)21-13/h6,10-11H,5,7-9H2,1-4H3,(H,19,23)(H2,18,20,21)/t10-,11-/m1/s1. The molecule has 134 valence electrons. The maximum atomic E-state index is 11.8. The Morgan fingerprint density at radius 1 is 1.46 bits per heavy atom. The summed E-state index contributed by atoms with van der Waals surface area (Å²) in [5.74, 6) is 1.66. The third kappa shape index (κ3) is 5.70. The van der Waals surface area contributed by atoms with Gasteiger partial charge >= 0.3 is 6.09 Å². The Labute approximate surface area is 147 Å². The molecule has 1 fully saturated rings. The summed E-state index contributed by atoms with van der Waals surface area (Å²) >= 11 is 5.98. The number of nitrogens with one attached hydrogen (secondary N) is 1. The minimum Gasteiger partial charge on any atom is -0.444 e. The number of nitrogen functional groups attached to an aromatic ring is 1. The molecule has 0 bridgehead atoms. The lowest BCUT2D eigenvalue weighted by molar-refractivity contribution is 0.0516. The number of carbonyl (C=O) groups excluding carboxylic acids is 1. The van der Waals surface area contributed by atoms with Gasteiger partial charge in [0.15, 0.2) is 0 Å². The second-order valence-corrected chi connectivity index (χ2v) is 7.79. The molecule has 1 amide bonds. The van der Waals surface area contributed by atoms with Crippen molar-refractivity contribution in [3.8, 4) is 0 Å². The number of hydrogen-bond donors (Lipinski definition) is 2. The Balaban J connectivity index is 1.96. The van der Waals surface area contributed by atoms with Crippen LogP contribution in [0.1, 0.15) is 34.1 Å². The molecular formula is C16H26ClN5O2. The maximum Gasteiger partial charge on any atom is 0.407 e. The number of aromatic nitrogens is 2. The third-order valence-electron chi connectivity index (χ3n) is 3.70. The van der Waals surface area contributed by atoms with Gasteiger partial charge in [0.25, 0.3) is 0 Å². The van der Waals surface area contributed by atoms with Crippen molar-refractivity contribution in [1.82, 2.24) is 15.3 Å². The summed E-state index contributed by atoms with van der Waals surface area (Å²) in [5.41, 5.74) is 5.19. The van der Waals surface area contributed by atoms with E-state index in [1.807, 2.05) is 20.8 Å². The SMILES string of the molecule is C[C@@H]1C[C@H](CNC(=O)OC(C)(C)C)CN(c2cc(Cl)nc(N)n2)C1. The van der Waals surface area contributed by atoms with Gasteiger partial charge in [0.2, 0.25) is 5.95 Å². The molecule has 0 aliphatic carbocycles. The number of rotatable bonds is 3. The number of nitrogens with two attached hydrogens (primary N) is 1. The number of alkyl carbamates (subject to hydrolysis) is 1. The van der Waals surface area contributed by atoms with E-state index in [0.29, 0.717) is 23.5 Å². The van der Waals surface area contributed by atoms with Crippen LogP contribution in [0.2, 0.25) is 5.15 Å². The third-order valence-corrected chi connectivity index (χ3v) is 3.90. The largest absolute Gasteiger partial charge is 0.444 e. The molecule has 0 aromatic carbocycles. The molecule has 3 N–H and O–H groups in total. The first-order chi connectivity index (χ1) is 11.1. The van der Waals surface area contributed by atoms with Gasteiger partial charge in [-0.25, -0.2) is 9.78 Å². The number of carbonyl (C=O) groups is 1. The van der Waals surface area contributed by atoms with E-state index in [-0.39, 0.29) is 12.0 Å². The van der Waals surface area contributed by atoms with Gasteiger partial charge in [-0.05, 0) is 39.0 Å². The minimum atomic E-state index is -0.495.